The molecule has 1 N–H and O–H groups in total. The molecule has 2 heterocycles. The Bertz CT molecular complexity index is 832. The molecule has 8 heteroatoms. The van der Waals surface area contributed by atoms with Gasteiger partial charge in [-0.05, 0) is 12.1 Å². The van der Waals surface area contributed by atoms with Crippen molar-refractivity contribution in [3.63, 3.8) is 0 Å². The van der Waals surface area contributed by atoms with Crippen LogP contribution in [0.15, 0.2) is 35.4 Å². The number of carboxylic acids is 1. The van der Waals surface area contributed by atoms with Crippen LogP contribution in [0.4, 0.5) is 0 Å². The molecule has 0 saturated carbocycles. The number of ether oxygens (including phenoxy) is 1. The Morgan fingerprint density at radius 1 is 1.33 bits per heavy atom. The number of aromatic nitrogens is 2. The van der Waals surface area contributed by atoms with Crippen LogP contribution in [0.3, 0.4) is 0 Å². The summed E-state index contributed by atoms with van der Waals surface area (Å²) in [5.74, 6) is -1.31. The van der Waals surface area contributed by atoms with Gasteiger partial charge in [-0.1, -0.05) is 12.1 Å². The van der Waals surface area contributed by atoms with E-state index in [4.69, 9.17) is 9.84 Å². The second kappa shape index (κ2) is 6.79. The summed E-state index contributed by atoms with van der Waals surface area (Å²) >= 11 is 0. The zero-order valence-corrected chi connectivity index (χ0v) is 12.9. The Kier molecular flexibility index (Phi) is 4.57. The number of carbonyl (C=O) groups excluding carboxylic acids is 1. The summed E-state index contributed by atoms with van der Waals surface area (Å²) in [4.78, 5) is 41.6. The molecule has 1 fully saturated rings. The van der Waals surface area contributed by atoms with E-state index in [2.05, 4.69) is 4.98 Å². The Morgan fingerprint density at radius 3 is 2.92 bits per heavy atom. The lowest BCUT2D eigenvalue weighted by Gasteiger charge is -2.34. The van der Waals surface area contributed by atoms with Crippen molar-refractivity contribution in [3.05, 3.63) is 40.9 Å². The second-order valence-corrected chi connectivity index (χ2v) is 5.61. The summed E-state index contributed by atoms with van der Waals surface area (Å²) in [5.41, 5.74) is 0.276. The highest BCUT2D eigenvalue weighted by Crippen LogP contribution is 2.12. The van der Waals surface area contributed by atoms with E-state index < -0.39 is 12.0 Å². The first-order valence-electron chi connectivity index (χ1n) is 7.59. The van der Waals surface area contributed by atoms with Crippen LogP contribution in [0.25, 0.3) is 10.9 Å². The van der Waals surface area contributed by atoms with Gasteiger partial charge in [0.15, 0.2) is 0 Å². The summed E-state index contributed by atoms with van der Waals surface area (Å²) < 4.78 is 6.50. The molecule has 24 heavy (non-hydrogen) atoms. The maximum absolute atomic E-state index is 12.5. The number of hydrogen-bond acceptors (Lipinski definition) is 5. The fraction of sp³-hybridized carbons (Fsp3) is 0.375. The van der Waals surface area contributed by atoms with Crippen molar-refractivity contribution in [2.24, 2.45) is 0 Å². The first kappa shape index (κ1) is 16.1. The van der Waals surface area contributed by atoms with Crippen LogP contribution in [0.1, 0.15) is 6.42 Å². The first-order valence-corrected chi connectivity index (χ1v) is 7.59. The molecule has 126 valence electrons. The van der Waals surface area contributed by atoms with Crippen molar-refractivity contribution in [1.82, 2.24) is 14.5 Å². The van der Waals surface area contributed by atoms with Gasteiger partial charge in [0.05, 0.1) is 42.9 Å². The smallest absolute Gasteiger partial charge is 0.305 e. The predicted octanol–water partition coefficient (Wildman–Crippen LogP) is 0.0986. The highest BCUT2D eigenvalue weighted by molar-refractivity contribution is 5.79. The van der Waals surface area contributed by atoms with Gasteiger partial charge in [-0.3, -0.25) is 19.0 Å². The summed E-state index contributed by atoms with van der Waals surface area (Å²) in [7, 11) is 0. The van der Waals surface area contributed by atoms with E-state index in [1.165, 1.54) is 15.8 Å². The van der Waals surface area contributed by atoms with Crippen molar-refractivity contribution >= 4 is 22.8 Å². The third kappa shape index (κ3) is 3.28. The summed E-state index contributed by atoms with van der Waals surface area (Å²) in [6.07, 6.45) is 1.16. The lowest BCUT2D eigenvalue weighted by molar-refractivity contribution is -0.146. The fourth-order valence-corrected chi connectivity index (χ4v) is 2.81. The zero-order chi connectivity index (χ0) is 17.1. The van der Waals surface area contributed by atoms with Gasteiger partial charge in [-0.15, -0.1) is 0 Å². The molecule has 8 nitrogen and oxygen atoms in total. The highest BCUT2D eigenvalue weighted by Gasteiger charge is 2.29. The number of benzene rings is 1. The molecule has 1 aromatic heterocycles. The van der Waals surface area contributed by atoms with Crippen LogP contribution in [0.2, 0.25) is 0 Å². The van der Waals surface area contributed by atoms with Crippen LogP contribution < -0.4 is 5.56 Å². The number of carboxylic acid groups (broad SMARTS) is 1. The number of amides is 1. The van der Waals surface area contributed by atoms with Gasteiger partial charge in [0.2, 0.25) is 5.91 Å². The number of fused-ring (bicyclic) bond motifs is 1. The fourth-order valence-electron chi connectivity index (χ4n) is 2.81. The topological polar surface area (TPSA) is 102 Å². The van der Waals surface area contributed by atoms with Gasteiger partial charge in [-0.2, -0.15) is 0 Å². The minimum atomic E-state index is -0.993. The molecule has 0 aliphatic carbocycles. The van der Waals surface area contributed by atoms with E-state index in [0.717, 1.165) is 0 Å². The lowest BCUT2D eigenvalue weighted by Crippen LogP contribution is -2.51. The predicted molar refractivity (Wildman–Crippen MR) is 84.6 cm³/mol. The molecule has 0 radical (unpaired) electrons. The Hall–Kier alpha value is -2.74. The van der Waals surface area contributed by atoms with Gasteiger partial charge in [0.25, 0.3) is 5.56 Å². The van der Waals surface area contributed by atoms with Crippen LogP contribution in [-0.4, -0.2) is 57.2 Å². The van der Waals surface area contributed by atoms with Crippen LogP contribution in [0.5, 0.6) is 0 Å². The van der Waals surface area contributed by atoms with Gasteiger partial charge in [-0.25, -0.2) is 4.98 Å². The van der Waals surface area contributed by atoms with E-state index in [1.54, 1.807) is 24.3 Å². The van der Waals surface area contributed by atoms with Crippen LogP contribution in [-0.2, 0) is 20.9 Å². The molecular weight excluding hydrogens is 314 g/mol. The number of nitrogens with zero attached hydrogens (tertiary/aromatic N) is 3. The van der Waals surface area contributed by atoms with Gasteiger partial charge < -0.3 is 14.7 Å². The van der Waals surface area contributed by atoms with Gasteiger partial charge >= 0.3 is 5.97 Å². The largest absolute Gasteiger partial charge is 0.481 e. The molecular formula is C16H17N3O5. The average Bonchev–Trinajstić information content (AvgIpc) is 2.57. The molecule has 1 aliphatic rings. The number of carbonyl (C=O) groups is 2. The van der Waals surface area contributed by atoms with Crippen molar-refractivity contribution < 1.29 is 19.4 Å². The molecule has 2 aromatic rings. The first-order chi connectivity index (χ1) is 11.6. The number of morpholine rings is 1. The zero-order valence-electron chi connectivity index (χ0n) is 12.9. The third-order valence-corrected chi connectivity index (χ3v) is 4.00. The lowest BCUT2D eigenvalue weighted by atomic mass is 10.1. The van der Waals surface area contributed by atoms with E-state index in [-0.39, 0.29) is 31.0 Å². The van der Waals surface area contributed by atoms with Crippen LogP contribution in [0, 0.1) is 0 Å². The molecule has 1 amide bonds. The van der Waals surface area contributed by atoms with Gasteiger partial charge in [0, 0.05) is 6.54 Å². The minimum Gasteiger partial charge on any atom is -0.481 e. The van der Waals surface area contributed by atoms with Crippen molar-refractivity contribution in [2.45, 2.75) is 19.0 Å². The molecule has 3 rings (SSSR count). The SMILES string of the molecule is O=C(O)CC1COCCN1C(=O)Cn1cnc2ccccc2c1=O. The maximum atomic E-state index is 12.5. The number of hydrogen-bond donors (Lipinski definition) is 1. The van der Waals surface area contributed by atoms with E-state index in [1.807, 2.05) is 0 Å². The normalized spacial score (nSPS) is 17.8. The molecule has 1 aromatic carbocycles. The average molecular weight is 331 g/mol. The summed E-state index contributed by atoms with van der Waals surface area (Å²) in [6.45, 7) is 0.676. The van der Waals surface area contributed by atoms with E-state index >= 15 is 0 Å². The van der Waals surface area contributed by atoms with Crippen molar-refractivity contribution in [2.75, 3.05) is 19.8 Å². The van der Waals surface area contributed by atoms with Crippen molar-refractivity contribution in [1.29, 1.82) is 0 Å². The minimum absolute atomic E-state index is 0.174. The molecule has 1 unspecified atom stereocenters. The second-order valence-electron chi connectivity index (χ2n) is 5.61. The number of aliphatic carboxylic acids is 1. The molecule has 1 atom stereocenters. The number of para-hydroxylation sites is 1. The quantitative estimate of drug-likeness (QED) is 0.852. The summed E-state index contributed by atoms with van der Waals surface area (Å²) in [6, 6.07) is 6.39. The Morgan fingerprint density at radius 2 is 2.12 bits per heavy atom. The Balaban J connectivity index is 1.82. The Labute approximate surface area is 137 Å². The third-order valence-electron chi connectivity index (χ3n) is 4.00. The molecule has 0 bridgehead atoms. The molecule has 0 spiro atoms. The van der Waals surface area contributed by atoms with Crippen LogP contribution >= 0.6 is 0 Å². The highest BCUT2D eigenvalue weighted by atomic mass is 16.5. The maximum Gasteiger partial charge on any atom is 0.305 e. The van der Waals surface area contributed by atoms with E-state index in [9.17, 15) is 14.4 Å². The molecule has 1 saturated heterocycles. The van der Waals surface area contributed by atoms with Gasteiger partial charge in [0.1, 0.15) is 6.54 Å². The standard InChI is InChI=1S/C16H17N3O5/c20-14(19-5-6-24-9-11(19)7-15(21)22)8-18-10-17-13-4-2-1-3-12(13)16(18)23/h1-4,10-11H,5-9H2,(H,21,22). The monoisotopic (exact) mass is 331 g/mol. The molecule has 1 aliphatic heterocycles. The summed E-state index contributed by atoms with van der Waals surface area (Å²) in [5, 5.41) is 9.40. The van der Waals surface area contributed by atoms with E-state index in [0.29, 0.717) is 24.1 Å². The number of rotatable bonds is 4. The van der Waals surface area contributed by atoms with Crippen molar-refractivity contribution in [3.8, 4) is 0 Å².